The van der Waals surface area contributed by atoms with Crippen molar-refractivity contribution in [1.29, 1.82) is 0 Å². The van der Waals surface area contributed by atoms with Gasteiger partial charge in [-0.25, -0.2) is 4.98 Å². The van der Waals surface area contributed by atoms with E-state index in [4.69, 9.17) is 16.3 Å². The van der Waals surface area contributed by atoms with Gasteiger partial charge in [0, 0.05) is 24.8 Å². The van der Waals surface area contributed by atoms with E-state index in [0.717, 1.165) is 36.1 Å². The van der Waals surface area contributed by atoms with Crippen molar-refractivity contribution in [2.24, 2.45) is 5.92 Å². The molecule has 3 rings (SSSR count). The van der Waals surface area contributed by atoms with Gasteiger partial charge >= 0.3 is 0 Å². The number of nitrogens with one attached hydrogen (secondary N) is 1. The second kappa shape index (κ2) is 6.10. The van der Waals surface area contributed by atoms with Crippen LogP contribution in [0.25, 0.3) is 0 Å². The van der Waals surface area contributed by atoms with Gasteiger partial charge in [-0.3, -0.25) is 0 Å². The Balaban J connectivity index is 1.49. The number of ether oxygens (including phenoxy) is 1. The number of nitrogens with zero attached hydrogens (tertiary/aromatic N) is 1. The van der Waals surface area contributed by atoms with Crippen molar-refractivity contribution in [1.82, 2.24) is 10.3 Å². The van der Waals surface area contributed by atoms with E-state index in [1.54, 1.807) is 6.20 Å². The molecule has 0 unspecified atom stereocenters. The molecule has 0 bridgehead atoms. The van der Waals surface area contributed by atoms with Gasteiger partial charge in [0.25, 0.3) is 0 Å². The fraction of sp³-hybridized carbons (Fsp3) is 0.667. The van der Waals surface area contributed by atoms with Gasteiger partial charge in [-0.15, -0.1) is 0 Å². The highest BCUT2D eigenvalue weighted by molar-refractivity contribution is 6.31. The number of hydrogen-bond donors (Lipinski definition) is 1. The van der Waals surface area contributed by atoms with Gasteiger partial charge < -0.3 is 10.1 Å². The maximum Gasteiger partial charge on any atom is 0.213 e. The summed E-state index contributed by atoms with van der Waals surface area (Å²) < 4.78 is 5.73. The lowest BCUT2D eigenvalue weighted by Gasteiger charge is -2.24. The number of rotatable bonds is 7. The summed E-state index contributed by atoms with van der Waals surface area (Å²) in [6.07, 6.45) is 9.55. The van der Waals surface area contributed by atoms with Crippen LogP contribution in [0, 0.1) is 5.92 Å². The quantitative estimate of drug-likeness (QED) is 0.829. The average Bonchev–Trinajstić information content (AvgIpc) is 3.16. The standard InChI is InChI=1S/C15H21ClN2O/c16-14-10-18-15(19-7-6-11-2-1-3-11)8-12(14)9-17-13-4-5-13/h8,10-11,13,17H,1-7,9H2. The first-order valence-corrected chi connectivity index (χ1v) is 7.69. The number of hydrogen-bond acceptors (Lipinski definition) is 3. The molecular formula is C15H21ClN2O. The Kier molecular flexibility index (Phi) is 4.24. The molecule has 3 nitrogen and oxygen atoms in total. The number of pyridine rings is 1. The molecule has 1 aromatic heterocycles. The maximum atomic E-state index is 6.16. The third-order valence-electron chi connectivity index (χ3n) is 4.07. The molecule has 2 saturated carbocycles. The average molecular weight is 281 g/mol. The Morgan fingerprint density at radius 1 is 1.32 bits per heavy atom. The van der Waals surface area contributed by atoms with Gasteiger partial charge in [0.05, 0.1) is 11.6 Å². The van der Waals surface area contributed by atoms with E-state index in [-0.39, 0.29) is 0 Å². The van der Waals surface area contributed by atoms with Gasteiger partial charge in [0.1, 0.15) is 0 Å². The summed E-state index contributed by atoms with van der Waals surface area (Å²) in [6, 6.07) is 2.66. The topological polar surface area (TPSA) is 34.1 Å². The summed E-state index contributed by atoms with van der Waals surface area (Å²) in [4.78, 5) is 4.24. The van der Waals surface area contributed by atoms with E-state index in [2.05, 4.69) is 10.3 Å². The highest BCUT2D eigenvalue weighted by atomic mass is 35.5. The third kappa shape index (κ3) is 3.83. The van der Waals surface area contributed by atoms with Crippen LogP contribution < -0.4 is 10.1 Å². The van der Waals surface area contributed by atoms with Crippen molar-refractivity contribution < 1.29 is 4.74 Å². The monoisotopic (exact) mass is 280 g/mol. The summed E-state index contributed by atoms with van der Waals surface area (Å²) in [5.41, 5.74) is 1.09. The molecule has 1 aromatic rings. The first-order chi connectivity index (χ1) is 9.31. The lowest BCUT2D eigenvalue weighted by atomic mass is 9.83. The predicted molar refractivity (Wildman–Crippen MR) is 76.6 cm³/mol. The minimum atomic E-state index is 0.687. The van der Waals surface area contributed by atoms with Crippen LogP contribution in [0.4, 0.5) is 0 Å². The fourth-order valence-corrected chi connectivity index (χ4v) is 2.50. The largest absolute Gasteiger partial charge is 0.478 e. The van der Waals surface area contributed by atoms with Crippen LogP contribution in [0.5, 0.6) is 5.88 Å². The predicted octanol–water partition coefficient (Wildman–Crippen LogP) is 3.56. The summed E-state index contributed by atoms with van der Waals surface area (Å²) in [5.74, 6) is 1.58. The summed E-state index contributed by atoms with van der Waals surface area (Å²) >= 11 is 6.16. The SMILES string of the molecule is Clc1cnc(OCCC2CCC2)cc1CNC1CC1. The molecule has 1 N–H and O–H groups in total. The van der Waals surface area contributed by atoms with Crippen molar-refractivity contribution in [3.05, 3.63) is 22.8 Å². The van der Waals surface area contributed by atoms with Crippen molar-refractivity contribution in [3.63, 3.8) is 0 Å². The molecular weight excluding hydrogens is 260 g/mol. The molecule has 4 heteroatoms. The lowest BCUT2D eigenvalue weighted by Crippen LogP contribution is -2.16. The second-order valence-corrected chi connectivity index (χ2v) is 6.11. The third-order valence-corrected chi connectivity index (χ3v) is 4.41. The molecule has 2 aliphatic rings. The minimum Gasteiger partial charge on any atom is -0.478 e. The van der Waals surface area contributed by atoms with E-state index in [0.29, 0.717) is 11.9 Å². The summed E-state index contributed by atoms with van der Waals surface area (Å²) in [5, 5.41) is 4.19. The normalized spacial score (nSPS) is 19.2. The Labute approximate surface area is 119 Å². The van der Waals surface area contributed by atoms with Gasteiger partial charge in [-0.2, -0.15) is 0 Å². The van der Waals surface area contributed by atoms with Crippen molar-refractivity contribution in [2.75, 3.05) is 6.61 Å². The van der Waals surface area contributed by atoms with Gasteiger partial charge in [0.2, 0.25) is 5.88 Å². The molecule has 0 atom stereocenters. The number of halogens is 1. The molecule has 1 heterocycles. The van der Waals surface area contributed by atoms with E-state index in [1.807, 2.05) is 6.07 Å². The summed E-state index contributed by atoms with van der Waals surface area (Å²) in [7, 11) is 0. The zero-order chi connectivity index (χ0) is 13.1. The molecule has 0 aromatic carbocycles. The zero-order valence-corrected chi connectivity index (χ0v) is 12.0. The van der Waals surface area contributed by atoms with Gasteiger partial charge in [-0.05, 0) is 30.7 Å². The van der Waals surface area contributed by atoms with Crippen LogP contribution in [0.1, 0.15) is 44.1 Å². The first-order valence-electron chi connectivity index (χ1n) is 7.32. The molecule has 0 saturated heterocycles. The maximum absolute atomic E-state index is 6.16. The van der Waals surface area contributed by atoms with Crippen molar-refractivity contribution in [2.45, 2.75) is 51.1 Å². The van der Waals surface area contributed by atoms with E-state index < -0.39 is 0 Å². The Morgan fingerprint density at radius 2 is 2.16 bits per heavy atom. The molecule has 2 aliphatic carbocycles. The highest BCUT2D eigenvalue weighted by Gasteiger charge is 2.20. The van der Waals surface area contributed by atoms with Gasteiger partial charge in [0.15, 0.2) is 0 Å². The Morgan fingerprint density at radius 3 is 2.84 bits per heavy atom. The van der Waals surface area contributed by atoms with E-state index >= 15 is 0 Å². The van der Waals surface area contributed by atoms with Crippen LogP contribution in [0.3, 0.4) is 0 Å². The lowest BCUT2D eigenvalue weighted by molar-refractivity contribution is 0.217. The molecule has 0 radical (unpaired) electrons. The summed E-state index contributed by atoms with van der Waals surface area (Å²) in [6.45, 7) is 1.58. The van der Waals surface area contributed by atoms with Crippen molar-refractivity contribution in [3.8, 4) is 5.88 Å². The molecule has 0 spiro atoms. The zero-order valence-electron chi connectivity index (χ0n) is 11.2. The molecule has 104 valence electrons. The molecule has 2 fully saturated rings. The number of aromatic nitrogens is 1. The fourth-order valence-electron chi connectivity index (χ4n) is 2.33. The van der Waals surface area contributed by atoms with Crippen LogP contribution in [-0.4, -0.2) is 17.6 Å². The van der Waals surface area contributed by atoms with Gasteiger partial charge in [-0.1, -0.05) is 30.9 Å². The minimum absolute atomic E-state index is 0.687. The van der Waals surface area contributed by atoms with E-state index in [1.165, 1.54) is 32.1 Å². The van der Waals surface area contributed by atoms with Crippen LogP contribution >= 0.6 is 11.6 Å². The Bertz CT molecular complexity index is 430. The molecule has 0 aliphatic heterocycles. The second-order valence-electron chi connectivity index (χ2n) is 5.70. The van der Waals surface area contributed by atoms with E-state index in [9.17, 15) is 0 Å². The Hall–Kier alpha value is -0.800. The van der Waals surface area contributed by atoms with Crippen LogP contribution in [0.2, 0.25) is 5.02 Å². The van der Waals surface area contributed by atoms with Crippen LogP contribution in [0.15, 0.2) is 12.3 Å². The molecule has 0 amide bonds. The first kappa shape index (κ1) is 13.2. The van der Waals surface area contributed by atoms with Crippen LogP contribution in [-0.2, 0) is 6.54 Å². The molecule has 19 heavy (non-hydrogen) atoms. The van der Waals surface area contributed by atoms with Crippen molar-refractivity contribution >= 4 is 11.6 Å². The smallest absolute Gasteiger partial charge is 0.213 e. The highest BCUT2D eigenvalue weighted by Crippen LogP contribution is 2.29.